The Morgan fingerprint density at radius 2 is 1.84 bits per heavy atom. The molecule has 0 aromatic heterocycles. The number of fused-ring (bicyclic) bond motifs is 3. The number of likely N-dealkylation sites (tertiary alicyclic amines) is 1. The first kappa shape index (κ1) is 25.9. The number of carbonyl (C=O) groups excluding carboxylic acids is 4. The molecule has 2 fully saturated rings. The Hall–Kier alpha value is -3.70. The summed E-state index contributed by atoms with van der Waals surface area (Å²) < 4.78 is 5.87. The summed E-state index contributed by atoms with van der Waals surface area (Å²) in [4.78, 5) is 53.8. The predicted octanol–water partition coefficient (Wildman–Crippen LogP) is 0.992. The maximum atomic E-state index is 13.9. The number of nitrogens with two attached hydrogens (primary N) is 1. The van der Waals surface area contributed by atoms with Gasteiger partial charge in [-0.2, -0.15) is 0 Å². The number of ether oxygens (including phenoxy) is 1. The van der Waals surface area contributed by atoms with E-state index in [4.69, 9.17) is 10.5 Å². The van der Waals surface area contributed by atoms with Gasteiger partial charge in [0, 0.05) is 30.4 Å². The molecule has 1 aliphatic heterocycles. The lowest BCUT2D eigenvalue weighted by Crippen LogP contribution is -2.64. The average molecular weight is 527 g/mol. The Morgan fingerprint density at radius 3 is 2.50 bits per heavy atom. The summed E-state index contributed by atoms with van der Waals surface area (Å²) in [7, 11) is 0. The van der Waals surface area contributed by atoms with Crippen molar-refractivity contribution in [2.24, 2.45) is 17.6 Å². The van der Waals surface area contributed by atoms with Gasteiger partial charge in [0.25, 0.3) is 5.91 Å². The van der Waals surface area contributed by atoms with E-state index < -0.39 is 76.4 Å². The highest BCUT2D eigenvalue weighted by atomic mass is 16.5. The number of hydrogen-bond acceptors (Lipinski definition) is 10. The van der Waals surface area contributed by atoms with E-state index in [1.54, 1.807) is 19.1 Å². The van der Waals surface area contributed by atoms with Gasteiger partial charge in [-0.25, -0.2) is 0 Å². The Morgan fingerprint density at radius 1 is 1.16 bits per heavy atom. The number of ketones is 2. The minimum absolute atomic E-state index is 0.0153. The number of hydrogen-bond donors (Lipinski definition) is 5. The number of phenolic OH excluding ortho intramolecular Hbond substituents is 1. The van der Waals surface area contributed by atoms with Gasteiger partial charge in [0.05, 0.1) is 12.0 Å². The minimum atomic E-state index is -2.86. The van der Waals surface area contributed by atoms with Crippen molar-refractivity contribution in [3.63, 3.8) is 0 Å². The molecule has 6 N–H and O–H groups in total. The van der Waals surface area contributed by atoms with Crippen LogP contribution in [0.4, 0.5) is 0 Å². The van der Waals surface area contributed by atoms with Crippen LogP contribution in [0.5, 0.6) is 5.75 Å². The van der Waals surface area contributed by atoms with Crippen molar-refractivity contribution in [2.45, 2.75) is 50.2 Å². The number of benzene rings is 1. The molecule has 11 heteroatoms. The predicted molar refractivity (Wildman–Crippen MR) is 132 cm³/mol. The van der Waals surface area contributed by atoms with Gasteiger partial charge in [-0.3, -0.25) is 19.2 Å². The van der Waals surface area contributed by atoms with Crippen molar-refractivity contribution in [3.8, 4) is 5.75 Å². The molecule has 1 amide bonds. The Labute approximate surface area is 218 Å². The van der Waals surface area contributed by atoms with Crippen LogP contribution in [0.15, 0.2) is 35.1 Å². The third-order valence-electron chi connectivity index (χ3n) is 8.43. The van der Waals surface area contributed by atoms with Crippen LogP contribution in [0.1, 0.15) is 49.7 Å². The molecule has 1 saturated heterocycles. The monoisotopic (exact) mass is 526 g/mol. The molecule has 5 rings (SSSR count). The summed E-state index contributed by atoms with van der Waals surface area (Å²) in [5.41, 5.74) is 1.58. The number of nitrogens with zero attached hydrogens (tertiary/aromatic N) is 1. The first-order valence-corrected chi connectivity index (χ1v) is 12.7. The van der Waals surface area contributed by atoms with Gasteiger partial charge < -0.3 is 35.8 Å². The highest BCUT2D eigenvalue weighted by Gasteiger charge is 2.66. The summed E-state index contributed by atoms with van der Waals surface area (Å²) in [6.07, 6.45) is 0.154. The largest absolute Gasteiger partial charge is 0.508 e. The molecular weight excluding hydrogens is 496 g/mol. The molecule has 0 radical (unpaired) electrons. The van der Waals surface area contributed by atoms with Crippen LogP contribution in [0.3, 0.4) is 0 Å². The molecule has 1 aromatic carbocycles. The standard InChI is InChI=1S/C27H30N2O9/c1-12-13-5-4-6-15(30)19(13)22(33)21-18(12)23(38-17(32)7-10-29-8-2-3-9-29)14-11-16(31)20(26(28)36)24(34)27(14,37)25(21)35/h4-6,12,14,18,23,30,33-34,37H,2-3,7-11H2,1H3,(H2,28,36). The van der Waals surface area contributed by atoms with Crippen LogP contribution in [0.2, 0.25) is 0 Å². The summed E-state index contributed by atoms with van der Waals surface area (Å²) in [5, 5.41) is 44.3. The molecule has 5 unspecified atom stereocenters. The van der Waals surface area contributed by atoms with Crippen molar-refractivity contribution in [3.05, 3.63) is 46.2 Å². The topological polar surface area (TPSA) is 188 Å². The van der Waals surface area contributed by atoms with E-state index in [0.29, 0.717) is 12.1 Å². The Bertz CT molecular complexity index is 1310. The van der Waals surface area contributed by atoms with Crippen LogP contribution in [-0.2, 0) is 23.9 Å². The van der Waals surface area contributed by atoms with Gasteiger partial charge in [0.2, 0.25) is 5.78 Å². The third-order valence-corrected chi connectivity index (χ3v) is 8.43. The maximum absolute atomic E-state index is 13.9. The summed E-state index contributed by atoms with van der Waals surface area (Å²) in [6, 6.07) is 4.54. The van der Waals surface area contributed by atoms with Crippen molar-refractivity contribution in [2.75, 3.05) is 19.6 Å². The number of Topliss-reactive ketones (excluding diaryl/α,β-unsaturated/α-hetero) is 2. The average Bonchev–Trinajstić information content (AvgIpc) is 3.38. The lowest BCUT2D eigenvalue weighted by atomic mass is 9.55. The van der Waals surface area contributed by atoms with Crippen LogP contribution < -0.4 is 5.73 Å². The summed E-state index contributed by atoms with van der Waals surface area (Å²) >= 11 is 0. The van der Waals surface area contributed by atoms with E-state index in [9.17, 15) is 39.6 Å². The second-order valence-corrected chi connectivity index (χ2v) is 10.5. The fourth-order valence-corrected chi connectivity index (χ4v) is 6.55. The first-order valence-electron chi connectivity index (χ1n) is 12.7. The zero-order valence-corrected chi connectivity index (χ0v) is 20.8. The van der Waals surface area contributed by atoms with E-state index in [1.807, 2.05) is 0 Å². The van der Waals surface area contributed by atoms with Gasteiger partial charge in [-0.1, -0.05) is 19.1 Å². The summed E-state index contributed by atoms with van der Waals surface area (Å²) in [6.45, 7) is 3.88. The molecule has 1 saturated carbocycles. The molecule has 11 nitrogen and oxygen atoms in total. The van der Waals surface area contributed by atoms with Crippen LogP contribution >= 0.6 is 0 Å². The lowest BCUT2D eigenvalue weighted by Gasteiger charge is -2.51. The molecule has 0 spiro atoms. The molecule has 1 heterocycles. The summed E-state index contributed by atoms with van der Waals surface area (Å²) in [5.74, 6) is -9.24. The Balaban J connectivity index is 1.64. The molecule has 5 atom stereocenters. The SMILES string of the molecule is CC1c2cccc(O)c2C(O)=C2C(=O)C3(O)C(O)=C(C(N)=O)C(=O)CC3C(OC(=O)CCN3CCCC3)C21. The van der Waals surface area contributed by atoms with Gasteiger partial charge in [-0.05, 0) is 43.5 Å². The van der Waals surface area contributed by atoms with Gasteiger partial charge >= 0.3 is 5.97 Å². The Kier molecular flexibility index (Phi) is 6.31. The zero-order chi connectivity index (χ0) is 27.5. The number of rotatable bonds is 5. The van der Waals surface area contributed by atoms with E-state index in [1.165, 1.54) is 6.07 Å². The molecule has 38 heavy (non-hydrogen) atoms. The maximum Gasteiger partial charge on any atom is 0.307 e. The number of primary amides is 1. The van der Waals surface area contributed by atoms with Gasteiger partial charge in [0.15, 0.2) is 11.4 Å². The smallest absolute Gasteiger partial charge is 0.307 e. The number of aromatic hydroxyl groups is 1. The second kappa shape index (κ2) is 9.25. The number of carbonyl (C=O) groups is 4. The van der Waals surface area contributed by atoms with Crippen LogP contribution in [-0.4, -0.2) is 80.1 Å². The highest BCUT2D eigenvalue weighted by Crippen LogP contribution is 2.56. The quantitative estimate of drug-likeness (QED) is 0.273. The van der Waals surface area contributed by atoms with E-state index >= 15 is 0 Å². The number of phenols is 1. The molecule has 4 aliphatic rings. The van der Waals surface area contributed by atoms with E-state index in [-0.39, 0.29) is 23.3 Å². The zero-order valence-electron chi connectivity index (χ0n) is 20.8. The normalized spacial score (nSPS) is 31.1. The van der Waals surface area contributed by atoms with Gasteiger partial charge in [0.1, 0.15) is 28.9 Å². The fraction of sp³-hybridized carbons (Fsp3) is 0.481. The van der Waals surface area contributed by atoms with Crippen molar-refractivity contribution < 1.29 is 44.3 Å². The van der Waals surface area contributed by atoms with E-state index in [2.05, 4.69) is 4.90 Å². The van der Waals surface area contributed by atoms with E-state index in [0.717, 1.165) is 25.9 Å². The molecule has 3 aliphatic carbocycles. The molecular formula is C27H30N2O9. The highest BCUT2D eigenvalue weighted by molar-refractivity contribution is 6.23. The van der Waals surface area contributed by atoms with Crippen molar-refractivity contribution in [1.82, 2.24) is 4.90 Å². The van der Waals surface area contributed by atoms with Crippen LogP contribution in [0.25, 0.3) is 5.76 Å². The van der Waals surface area contributed by atoms with Crippen molar-refractivity contribution >= 4 is 29.2 Å². The van der Waals surface area contributed by atoms with Crippen LogP contribution in [0, 0.1) is 11.8 Å². The third kappa shape index (κ3) is 3.71. The number of aliphatic hydroxyl groups excluding tert-OH is 2. The van der Waals surface area contributed by atoms with Gasteiger partial charge in [-0.15, -0.1) is 0 Å². The molecule has 202 valence electrons. The second-order valence-electron chi connectivity index (χ2n) is 10.5. The number of amides is 1. The fourth-order valence-electron chi connectivity index (χ4n) is 6.55. The molecule has 0 bridgehead atoms. The number of esters is 1. The minimum Gasteiger partial charge on any atom is -0.508 e. The number of aliphatic hydroxyl groups is 3. The lowest BCUT2D eigenvalue weighted by molar-refractivity contribution is -0.178. The molecule has 1 aromatic rings. The van der Waals surface area contributed by atoms with Crippen molar-refractivity contribution in [1.29, 1.82) is 0 Å². The first-order chi connectivity index (χ1) is 18.0.